The van der Waals surface area contributed by atoms with Gasteiger partial charge in [0.25, 0.3) is 5.91 Å². The van der Waals surface area contributed by atoms with E-state index in [-0.39, 0.29) is 116 Å². The van der Waals surface area contributed by atoms with Gasteiger partial charge in [0.15, 0.2) is 17.6 Å². The van der Waals surface area contributed by atoms with Crippen LogP contribution in [0.3, 0.4) is 0 Å². The summed E-state index contributed by atoms with van der Waals surface area (Å²) in [5, 5.41) is 10.7. The molecule has 2 fully saturated rings. The minimum Gasteiger partial charge on any atom is -0.455 e. The van der Waals surface area contributed by atoms with E-state index in [0.717, 1.165) is 37.8 Å². The Hall–Kier alpha value is -4.41. The van der Waals surface area contributed by atoms with Crippen LogP contribution in [-0.4, -0.2) is 149 Å². The molecule has 21 heteroatoms. The number of benzene rings is 1. The van der Waals surface area contributed by atoms with Gasteiger partial charge in [-0.05, 0) is 87.6 Å². The topological polar surface area (TPSA) is 229 Å². The van der Waals surface area contributed by atoms with E-state index in [1.807, 2.05) is 48.6 Å². The molecule has 0 radical (unpaired) electrons. The summed E-state index contributed by atoms with van der Waals surface area (Å²) in [5.41, 5.74) is 1.14. The molecule has 5 rings (SSSR count). The number of thioether (sulfide) groups is 2. The van der Waals surface area contributed by atoms with Gasteiger partial charge in [0.1, 0.15) is 21.7 Å². The van der Waals surface area contributed by atoms with E-state index in [1.54, 1.807) is 35.5 Å². The Labute approximate surface area is 468 Å². The van der Waals surface area contributed by atoms with Crippen molar-refractivity contribution in [1.29, 1.82) is 0 Å². The van der Waals surface area contributed by atoms with Crippen LogP contribution in [0.2, 0.25) is 0 Å². The number of nitrogens with zero attached hydrogens (tertiary/aromatic N) is 3. The first kappa shape index (κ1) is 63.4. The van der Waals surface area contributed by atoms with Crippen molar-refractivity contribution in [2.45, 2.75) is 167 Å². The fourth-order valence-electron chi connectivity index (χ4n) is 10.0. The maximum atomic E-state index is 14.5. The van der Waals surface area contributed by atoms with Crippen LogP contribution in [0.25, 0.3) is 0 Å². The highest BCUT2D eigenvalue weighted by Gasteiger charge is 2.40. The van der Waals surface area contributed by atoms with Gasteiger partial charge >= 0.3 is 11.9 Å². The molecule has 1 aromatic heterocycles. The molecule has 0 bridgehead atoms. The normalized spacial score (nSPS) is 22.0. The molecular formula is C56H84N6O12S3. The Kier molecular flexibility index (Phi) is 26.4. The van der Waals surface area contributed by atoms with Crippen LogP contribution in [0.5, 0.6) is 5.75 Å². The number of carbonyl (C=O) groups excluding carboxylic acids is 8. The highest BCUT2D eigenvalue weighted by atomic mass is 32.2. The van der Waals surface area contributed by atoms with Crippen molar-refractivity contribution in [2.75, 3.05) is 64.0 Å². The zero-order valence-electron chi connectivity index (χ0n) is 46.7. The zero-order chi connectivity index (χ0) is 56.2. The van der Waals surface area contributed by atoms with Crippen LogP contribution >= 0.6 is 34.9 Å². The van der Waals surface area contributed by atoms with Gasteiger partial charge in [-0.3, -0.25) is 43.3 Å². The highest BCUT2D eigenvalue weighted by Crippen LogP contribution is 2.38. The molecule has 3 aliphatic rings. The van der Waals surface area contributed by atoms with Gasteiger partial charge in [0, 0.05) is 74.9 Å². The van der Waals surface area contributed by atoms with Crippen molar-refractivity contribution < 1.29 is 57.3 Å². The van der Waals surface area contributed by atoms with Crippen molar-refractivity contribution in [3.8, 4) is 5.75 Å². The second-order valence-electron chi connectivity index (χ2n) is 21.4. The van der Waals surface area contributed by atoms with Crippen molar-refractivity contribution >= 4 is 87.7 Å². The Bertz CT molecular complexity index is 2310. The monoisotopic (exact) mass is 1130 g/mol. The standard InChI is InChI=1S/C56H84N6O12S3/c1-10-36(6)40(30-46(65)43-15-11-13-22-61(43)8)56(70)62(9)44(35(4)5)31-48(73-37(7)63)55-60-42(32-75-55)53(68)58-39(27-34(2)3)28-38-17-18-47-41(29-38)59-49(66)19-24-72-26-21-57-54(69)52-51(76-33-77-52)45(64)16-12-14-23-71-25-20-50(67)74-47/h17-18,29,32,34-36,39-40,43-44,48,51-52H,10-16,19-28,30-31,33H2,1-9H3,(H,57,69)(H,58,68)(H,59,66)/t36-,39+,40-,43+,44+,48+,51?,52?/m0/s1. The zero-order valence-corrected chi connectivity index (χ0v) is 49.1. The van der Waals surface area contributed by atoms with Gasteiger partial charge in [-0.1, -0.05) is 60.5 Å². The van der Waals surface area contributed by atoms with Crippen LogP contribution in [0.4, 0.5) is 5.69 Å². The Morgan fingerprint density at radius 2 is 1.66 bits per heavy atom. The molecule has 4 amide bonds. The van der Waals surface area contributed by atoms with E-state index in [0.29, 0.717) is 48.8 Å². The van der Waals surface area contributed by atoms with E-state index >= 15 is 0 Å². The van der Waals surface area contributed by atoms with Gasteiger partial charge in [-0.15, -0.1) is 34.9 Å². The molecule has 0 aliphatic carbocycles. The van der Waals surface area contributed by atoms with Gasteiger partial charge in [0.05, 0.1) is 49.6 Å². The van der Waals surface area contributed by atoms with Crippen LogP contribution in [0.15, 0.2) is 23.6 Å². The second kappa shape index (κ2) is 32.0. The maximum Gasteiger partial charge on any atom is 0.313 e. The van der Waals surface area contributed by atoms with Crippen LogP contribution in [-0.2, 0) is 54.2 Å². The van der Waals surface area contributed by atoms with E-state index in [4.69, 9.17) is 23.9 Å². The largest absolute Gasteiger partial charge is 0.455 e. The highest BCUT2D eigenvalue weighted by molar-refractivity contribution is 8.20. The lowest BCUT2D eigenvalue weighted by molar-refractivity contribution is -0.149. The predicted molar refractivity (Wildman–Crippen MR) is 301 cm³/mol. The lowest BCUT2D eigenvalue weighted by Gasteiger charge is -2.37. The summed E-state index contributed by atoms with van der Waals surface area (Å²) in [7, 11) is 3.74. The first-order chi connectivity index (χ1) is 36.8. The number of thiazole rings is 1. The summed E-state index contributed by atoms with van der Waals surface area (Å²) in [4.78, 5) is 116. The maximum absolute atomic E-state index is 14.5. The number of fused-ring (bicyclic) bond motifs is 2. The molecule has 2 saturated heterocycles. The van der Waals surface area contributed by atoms with E-state index in [1.165, 1.54) is 41.8 Å². The van der Waals surface area contributed by atoms with Gasteiger partial charge in [0.2, 0.25) is 17.7 Å². The molecular weight excluding hydrogens is 1040 g/mol. The van der Waals surface area contributed by atoms with Crippen molar-refractivity contribution in [1.82, 2.24) is 25.4 Å². The number of amides is 4. The molecule has 1 aromatic carbocycles. The predicted octanol–water partition coefficient (Wildman–Crippen LogP) is 7.81. The quantitative estimate of drug-likeness (QED) is 0.0955. The van der Waals surface area contributed by atoms with Crippen LogP contribution in [0.1, 0.15) is 153 Å². The SMILES string of the molecule is CC[C@H](C)[C@H](CC(=O)[C@H]1CCCCN1C)C(=O)N(C)[C@H](C[C@@H](OC(C)=O)c1nc(C(=O)N[C@@H](Cc2ccc3c(c2)NC(=O)CCOCCNC(=O)C2SCSC2C(=O)CCCCOCCC(=O)O3)CC(C)C)cs1)C(C)C. The van der Waals surface area contributed by atoms with Gasteiger partial charge < -0.3 is 39.8 Å². The third-order valence-corrected chi connectivity index (χ3v) is 18.4. The Balaban J connectivity index is 1.28. The average molecular weight is 1130 g/mol. The molecule has 18 nitrogen and oxygen atoms in total. The summed E-state index contributed by atoms with van der Waals surface area (Å²) < 4.78 is 23.0. The number of likely N-dealkylation sites (N-methyl/N-ethyl adjacent to an activating group) is 1. The molecule has 4 heterocycles. The van der Waals surface area contributed by atoms with E-state index in [9.17, 15) is 38.4 Å². The number of aromatic nitrogens is 1. The van der Waals surface area contributed by atoms with Crippen molar-refractivity contribution in [2.24, 2.45) is 23.7 Å². The first-order valence-electron chi connectivity index (χ1n) is 27.5. The minimum atomic E-state index is -0.860. The number of Topliss-reactive ketones (excluding diaryl/α,β-unsaturated/α-hetero) is 2. The molecule has 0 saturated carbocycles. The summed E-state index contributed by atoms with van der Waals surface area (Å²) >= 11 is 4.14. The number of hydrogen-bond donors (Lipinski definition) is 3. The molecule has 8 atom stereocenters. The Morgan fingerprint density at radius 1 is 0.922 bits per heavy atom. The lowest BCUT2D eigenvalue weighted by atomic mass is 9.83. The number of ketones is 2. The number of piperidine rings is 1. The number of ether oxygens (including phenoxy) is 4. The number of nitrogens with one attached hydrogen (secondary N) is 3. The fraction of sp³-hybridized carbons (Fsp3) is 0.696. The summed E-state index contributed by atoms with van der Waals surface area (Å²) in [6.07, 6.45) is 5.49. The molecule has 0 spiro atoms. The molecule has 2 aromatic rings. The molecule has 3 N–H and O–H groups in total. The molecule has 428 valence electrons. The molecule has 77 heavy (non-hydrogen) atoms. The number of rotatable bonds is 18. The second-order valence-corrected chi connectivity index (χ2v) is 24.9. The summed E-state index contributed by atoms with van der Waals surface area (Å²) in [6.45, 7) is 15.2. The van der Waals surface area contributed by atoms with Gasteiger partial charge in [-0.25, -0.2) is 4.98 Å². The number of likely N-dealkylation sites (tertiary alicyclic amines) is 1. The van der Waals surface area contributed by atoms with E-state index in [2.05, 4.69) is 20.9 Å². The smallest absolute Gasteiger partial charge is 0.313 e. The lowest BCUT2D eigenvalue weighted by Crippen LogP contribution is -2.48. The third kappa shape index (κ3) is 20.0. The number of carbonyl (C=O) groups is 8. The van der Waals surface area contributed by atoms with Crippen molar-refractivity contribution in [3.05, 3.63) is 39.8 Å². The fourth-order valence-corrected chi connectivity index (χ4v) is 14.0. The Morgan fingerprint density at radius 3 is 2.38 bits per heavy atom. The number of anilines is 1. The molecule has 3 aliphatic heterocycles. The van der Waals surface area contributed by atoms with Crippen LogP contribution < -0.4 is 20.7 Å². The summed E-state index contributed by atoms with van der Waals surface area (Å²) in [5.74, 6) is -2.41. The average Bonchev–Trinajstić information content (AvgIpc) is 4.09. The van der Waals surface area contributed by atoms with E-state index < -0.39 is 58.4 Å². The molecule has 2 unspecified atom stereocenters. The number of hydrogen-bond acceptors (Lipinski definition) is 17. The van der Waals surface area contributed by atoms with Gasteiger partial charge in [-0.2, -0.15) is 0 Å². The van der Waals surface area contributed by atoms with Crippen molar-refractivity contribution in [3.63, 3.8) is 0 Å². The van der Waals surface area contributed by atoms with Crippen LogP contribution in [0, 0.1) is 23.7 Å². The first-order valence-corrected chi connectivity index (χ1v) is 30.5. The minimum absolute atomic E-state index is 0.0304. The summed E-state index contributed by atoms with van der Waals surface area (Å²) in [6, 6.07) is 4.13. The third-order valence-electron chi connectivity index (χ3n) is 14.5. The number of esters is 2.